The third-order valence-electron chi connectivity index (χ3n) is 3.38. The SMILES string of the molecule is CCOc1ccc(NC(=O)CC(N)c2ccccc2)cc1OC.Cl. The predicted molar refractivity (Wildman–Crippen MR) is 98.0 cm³/mol. The van der Waals surface area contributed by atoms with E-state index in [2.05, 4.69) is 5.32 Å². The first-order valence-electron chi connectivity index (χ1n) is 7.55. The molecule has 0 spiro atoms. The molecule has 0 heterocycles. The second-order valence-corrected chi connectivity index (χ2v) is 5.07. The molecular weight excluding hydrogens is 328 g/mol. The summed E-state index contributed by atoms with van der Waals surface area (Å²) in [5, 5.41) is 2.83. The molecule has 5 nitrogen and oxygen atoms in total. The number of rotatable bonds is 7. The van der Waals surface area contributed by atoms with E-state index in [1.807, 2.05) is 37.3 Å². The van der Waals surface area contributed by atoms with Crippen LogP contribution in [0, 0.1) is 0 Å². The average Bonchev–Trinajstić information content (AvgIpc) is 2.57. The Morgan fingerprint density at radius 1 is 1.17 bits per heavy atom. The maximum Gasteiger partial charge on any atom is 0.226 e. The van der Waals surface area contributed by atoms with E-state index in [-0.39, 0.29) is 30.8 Å². The van der Waals surface area contributed by atoms with Crippen molar-refractivity contribution in [2.75, 3.05) is 19.0 Å². The highest BCUT2D eigenvalue weighted by molar-refractivity contribution is 5.91. The molecule has 3 N–H and O–H groups in total. The summed E-state index contributed by atoms with van der Waals surface area (Å²) in [6, 6.07) is 14.5. The zero-order valence-electron chi connectivity index (χ0n) is 13.8. The Hall–Kier alpha value is -2.24. The molecule has 2 rings (SSSR count). The van der Waals surface area contributed by atoms with Gasteiger partial charge in [0.15, 0.2) is 11.5 Å². The normalized spacial score (nSPS) is 11.1. The lowest BCUT2D eigenvalue weighted by molar-refractivity contribution is -0.116. The molecule has 0 radical (unpaired) electrons. The summed E-state index contributed by atoms with van der Waals surface area (Å²) in [6.07, 6.45) is 0.208. The van der Waals surface area contributed by atoms with Crippen LogP contribution in [0.3, 0.4) is 0 Å². The molecule has 0 fully saturated rings. The van der Waals surface area contributed by atoms with Crippen LogP contribution in [0.15, 0.2) is 48.5 Å². The van der Waals surface area contributed by atoms with Gasteiger partial charge in [-0.15, -0.1) is 12.4 Å². The minimum absolute atomic E-state index is 0. The fourth-order valence-corrected chi connectivity index (χ4v) is 2.25. The van der Waals surface area contributed by atoms with Gasteiger partial charge in [0.05, 0.1) is 13.7 Å². The lowest BCUT2D eigenvalue weighted by Crippen LogP contribution is -2.20. The van der Waals surface area contributed by atoms with Crippen molar-refractivity contribution in [3.63, 3.8) is 0 Å². The van der Waals surface area contributed by atoms with E-state index in [0.29, 0.717) is 23.8 Å². The molecule has 24 heavy (non-hydrogen) atoms. The van der Waals surface area contributed by atoms with Crippen molar-refractivity contribution in [2.24, 2.45) is 5.73 Å². The number of carbonyl (C=O) groups excluding carboxylic acids is 1. The second kappa shape index (κ2) is 9.80. The Morgan fingerprint density at radius 2 is 1.88 bits per heavy atom. The molecule has 1 unspecified atom stereocenters. The molecule has 0 aliphatic rings. The summed E-state index contributed by atoms with van der Waals surface area (Å²) < 4.78 is 10.7. The molecule has 0 bridgehead atoms. The van der Waals surface area contributed by atoms with E-state index < -0.39 is 0 Å². The van der Waals surface area contributed by atoms with Crippen molar-refractivity contribution in [3.05, 3.63) is 54.1 Å². The van der Waals surface area contributed by atoms with Gasteiger partial charge in [-0.1, -0.05) is 30.3 Å². The van der Waals surface area contributed by atoms with Gasteiger partial charge in [-0.05, 0) is 24.6 Å². The molecule has 1 amide bonds. The number of hydrogen-bond donors (Lipinski definition) is 2. The van der Waals surface area contributed by atoms with Gasteiger partial charge in [-0.2, -0.15) is 0 Å². The van der Waals surface area contributed by atoms with Gasteiger partial charge in [0.1, 0.15) is 0 Å². The van der Waals surface area contributed by atoms with E-state index in [9.17, 15) is 4.79 Å². The first-order chi connectivity index (χ1) is 11.1. The van der Waals surface area contributed by atoms with Crippen LogP contribution in [-0.4, -0.2) is 19.6 Å². The highest BCUT2D eigenvalue weighted by Crippen LogP contribution is 2.30. The Morgan fingerprint density at radius 3 is 2.50 bits per heavy atom. The van der Waals surface area contributed by atoms with Crippen LogP contribution in [0.4, 0.5) is 5.69 Å². The van der Waals surface area contributed by atoms with Crippen molar-refractivity contribution in [1.29, 1.82) is 0 Å². The Bertz CT molecular complexity index is 650. The number of nitrogens with one attached hydrogen (secondary N) is 1. The maximum atomic E-state index is 12.1. The van der Waals surface area contributed by atoms with Gasteiger partial charge < -0.3 is 20.5 Å². The van der Waals surface area contributed by atoms with Crippen molar-refractivity contribution in [2.45, 2.75) is 19.4 Å². The molecular formula is C18H23ClN2O3. The fraction of sp³-hybridized carbons (Fsp3) is 0.278. The predicted octanol–water partition coefficient (Wildman–Crippen LogP) is 3.54. The largest absolute Gasteiger partial charge is 0.493 e. The topological polar surface area (TPSA) is 73.6 Å². The van der Waals surface area contributed by atoms with Crippen LogP contribution in [-0.2, 0) is 4.79 Å². The van der Waals surface area contributed by atoms with Crippen molar-refractivity contribution in [3.8, 4) is 11.5 Å². The van der Waals surface area contributed by atoms with E-state index in [0.717, 1.165) is 5.56 Å². The highest BCUT2D eigenvalue weighted by atomic mass is 35.5. The highest BCUT2D eigenvalue weighted by Gasteiger charge is 2.13. The lowest BCUT2D eigenvalue weighted by atomic mass is 10.0. The number of carbonyl (C=O) groups is 1. The summed E-state index contributed by atoms with van der Waals surface area (Å²) in [5.74, 6) is 1.08. The van der Waals surface area contributed by atoms with Gasteiger partial charge in [0.25, 0.3) is 0 Å². The summed E-state index contributed by atoms with van der Waals surface area (Å²) in [5.41, 5.74) is 7.65. The first-order valence-corrected chi connectivity index (χ1v) is 7.55. The Balaban J connectivity index is 0.00000288. The maximum absolute atomic E-state index is 12.1. The fourth-order valence-electron chi connectivity index (χ4n) is 2.25. The van der Waals surface area contributed by atoms with E-state index >= 15 is 0 Å². The molecule has 6 heteroatoms. The van der Waals surface area contributed by atoms with Crippen molar-refractivity contribution >= 4 is 24.0 Å². The van der Waals surface area contributed by atoms with Crippen LogP contribution in [0.25, 0.3) is 0 Å². The zero-order valence-corrected chi connectivity index (χ0v) is 14.6. The number of halogens is 1. The second-order valence-electron chi connectivity index (χ2n) is 5.07. The van der Waals surface area contributed by atoms with Gasteiger partial charge in [0, 0.05) is 24.2 Å². The zero-order chi connectivity index (χ0) is 16.7. The van der Waals surface area contributed by atoms with Crippen LogP contribution in [0.2, 0.25) is 0 Å². The number of anilines is 1. The van der Waals surface area contributed by atoms with Crippen molar-refractivity contribution in [1.82, 2.24) is 0 Å². The molecule has 0 aliphatic heterocycles. The lowest BCUT2D eigenvalue weighted by Gasteiger charge is -2.14. The monoisotopic (exact) mass is 350 g/mol. The first kappa shape index (κ1) is 19.8. The summed E-state index contributed by atoms with van der Waals surface area (Å²) >= 11 is 0. The van der Waals surface area contributed by atoms with Gasteiger partial charge in [-0.3, -0.25) is 4.79 Å². The van der Waals surface area contributed by atoms with E-state index in [1.54, 1.807) is 25.3 Å². The summed E-state index contributed by atoms with van der Waals surface area (Å²) in [6.45, 7) is 2.45. The van der Waals surface area contributed by atoms with Crippen LogP contribution in [0.5, 0.6) is 11.5 Å². The quantitative estimate of drug-likeness (QED) is 0.801. The van der Waals surface area contributed by atoms with E-state index in [4.69, 9.17) is 15.2 Å². The van der Waals surface area contributed by atoms with Gasteiger partial charge in [-0.25, -0.2) is 0 Å². The number of benzene rings is 2. The number of methoxy groups -OCH3 is 1. The molecule has 0 saturated heterocycles. The van der Waals surface area contributed by atoms with Crippen molar-refractivity contribution < 1.29 is 14.3 Å². The van der Waals surface area contributed by atoms with E-state index in [1.165, 1.54) is 0 Å². The number of ether oxygens (including phenoxy) is 2. The molecule has 130 valence electrons. The van der Waals surface area contributed by atoms with Gasteiger partial charge in [0.2, 0.25) is 5.91 Å². The minimum Gasteiger partial charge on any atom is -0.493 e. The average molecular weight is 351 g/mol. The smallest absolute Gasteiger partial charge is 0.226 e. The molecule has 0 aliphatic carbocycles. The molecule has 2 aromatic rings. The number of amides is 1. The minimum atomic E-state index is -0.333. The number of hydrogen-bond acceptors (Lipinski definition) is 4. The summed E-state index contributed by atoms with van der Waals surface area (Å²) in [7, 11) is 1.56. The standard InChI is InChI=1S/C18H22N2O3.ClH/c1-3-23-16-10-9-14(11-17(16)22-2)20-18(21)12-15(19)13-7-5-4-6-8-13;/h4-11,15H,3,12,19H2,1-2H3,(H,20,21);1H. The van der Waals surface area contributed by atoms with Gasteiger partial charge >= 0.3 is 0 Å². The summed E-state index contributed by atoms with van der Waals surface area (Å²) in [4.78, 5) is 12.1. The Kier molecular flexibility index (Phi) is 8.09. The molecule has 2 aromatic carbocycles. The third-order valence-corrected chi connectivity index (χ3v) is 3.38. The third kappa shape index (κ3) is 5.44. The van der Waals surface area contributed by atoms with Crippen LogP contribution in [0.1, 0.15) is 24.9 Å². The molecule has 0 aromatic heterocycles. The van der Waals surface area contributed by atoms with Crippen LogP contribution >= 0.6 is 12.4 Å². The molecule has 1 atom stereocenters. The van der Waals surface area contributed by atoms with Crippen LogP contribution < -0.4 is 20.5 Å². The molecule has 0 saturated carbocycles. The Labute approximate surface area is 148 Å². The number of nitrogens with two attached hydrogens (primary N) is 1.